The third-order valence-electron chi connectivity index (χ3n) is 5.93. The lowest BCUT2D eigenvalue weighted by Crippen LogP contribution is -2.33. The summed E-state index contributed by atoms with van der Waals surface area (Å²) in [5, 5.41) is 6.34. The Hall–Kier alpha value is -3.67. The summed E-state index contributed by atoms with van der Waals surface area (Å²) in [4.78, 5) is 19.0. The number of aromatic nitrogens is 3. The third kappa shape index (κ3) is 4.14. The highest BCUT2D eigenvalue weighted by atomic mass is 16.5. The van der Waals surface area contributed by atoms with E-state index in [2.05, 4.69) is 16.1 Å². The molecule has 158 valence electrons. The molecule has 0 aliphatic carbocycles. The minimum atomic E-state index is -0.242. The number of hydrogen-bond acceptors (Lipinski definition) is 4. The second-order valence-electron chi connectivity index (χ2n) is 7.75. The van der Waals surface area contributed by atoms with Crippen LogP contribution in [-0.4, -0.2) is 39.7 Å². The van der Waals surface area contributed by atoms with Gasteiger partial charge in [-0.2, -0.15) is 5.10 Å². The number of carbonyl (C=O) groups is 1. The molecule has 4 rings (SSSR count). The minimum absolute atomic E-state index is 0.0514. The van der Waals surface area contributed by atoms with Gasteiger partial charge in [-0.15, -0.1) is 0 Å². The summed E-state index contributed by atoms with van der Waals surface area (Å²) in [5.74, 6) is 0.668. The number of fused-ring (bicyclic) bond motifs is 1. The van der Waals surface area contributed by atoms with Crippen molar-refractivity contribution in [2.24, 2.45) is 0 Å². The van der Waals surface area contributed by atoms with Crippen molar-refractivity contribution in [2.45, 2.75) is 25.8 Å². The van der Waals surface area contributed by atoms with E-state index in [-0.39, 0.29) is 17.9 Å². The Morgan fingerprint density at radius 1 is 0.968 bits per heavy atom. The Kier molecular flexibility index (Phi) is 5.71. The van der Waals surface area contributed by atoms with E-state index in [4.69, 9.17) is 4.74 Å². The van der Waals surface area contributed by atoms with Crippen LogP contribution in [0, 0.1) is 0 Å². The molecule has 0 spiro atoms. The van der Waals surface area contributed by atoms with Gasteiger partial charge in [0.1, 0.15) is 18.4 Å². The van der Waals surface area contributed by atoms with Crippen LogP contribution in [0.15, 0.2) is 73.3 Å². The smallest absolute Gasteiger partial charge is 0.230 e. The molecule has 0 fully saturated rings. The van der Waals surface area contributed by atoms with Crippen molar-refractivity contribution in [1.82, 2.24) is 19.7 Å². The summed E-state index contributed by atoms with van der Waals surface area (Å²) in [6.07, 6.45) is 3.17. The lowest BCUT2D eigenvalue weighted by molar-refractivity contribution is -0.133. The molecule has 1 aromatic heterocycles. The zero-order valence-electron chi connectivity index (χ0n) is 18.2. The number of rotatable bonds is 6. The van der Waals surface area contributed by atoms with Gasteiger partial charge in [-0.3, -0.25) is 4.79 Å². The molecule has 0 saturated heterocycles. The molecular formula is C25H26N4O2. The first kappa shape index (κ1) is 20.6. The van der Waals surface area contributed by atoms with Gasteiger partial charge in [0.15, 0.2) is 0 Å². The summed E-state index contributed by atoms with van der Waals surface area (Å²) in [7, 11) is 3.52. The second-order valence-corrected chi connectivity index (χ2v) is 7.75. The fourth-order valence-corrected chi connectivity index (χ4v) is 3.75. The normalized spacial score (nSPS) is 13.0. The molecule has 0 radical (unpaired) electrons. The molecule has 2 atom stereocenters. The number of ether oxygens (including phenoxy) is 1. The van der Waals surface area contributed by atoms with Crippen molar-refractivity contribution in [3.63, 3.8) is 0 Å². The number of amides is 1. The molecule has 3 aromatic carbocycles. The molecule has 6 nitrogen and oxygen atoms in total. The molecule has 1 heterocycles. The number of hydrogen-bond donors (Lipinski definition) is 0. The van der Waals surface area contributed by atoms with E-state index in [1.807, 2.05) is 80.4 Å². The molecule has 0 N–H and O–H groups in total. The zero-order chi connectivity index (χ0) is 22.0. The van der Waals surface area contributed by atoms with E-state index in [9.17, 15) is 4.79 Å². The average molecular weight is 415 g/mol. The van der Waals surface area contributed by atoms with Crippen LogP contribution in [0.2, 0.25) is 0 Å². The van der Waals surface area contributed by atoms with E-state index in [1.54, 1.807) is 18.1 Å². The second kappa shape index (κ2) is 8.60. The van der Waals surface area contributed by atoms with Crippen molar-refractivity contribution in [3.05, 3.63) is 84.4 Å². The van der Waals surface area contributed by atoms with Gasteiger partial charge in [0, 0.05) is 7.05 Å². The van der Waals surface area contributed by atoms with Crippen LogP contribution in [0.4, 0.5) is 0 Å². The number of carbonyl (C=O) groups excluding carboxylic acids is 1. The van der Waals surface area contributed by atoms with Gasteiger partial charge in [0.05, 0.1) is 24.8 Å². The fourth-order valence-electron chi connectivity index (χ4n) is 3.75. The maximum atomic E-state index is 13.2. The zero-order valence-corrected chi connectivity index (χ0v) is 18.2. The standard InChI is InChI=1S/C25H26N4O2/c1-17(20-5-6-22-14-24(31-4)12-9-21(22)13-20)25(30)28(3)18(2)19-7-10-23(11-8-19)29-16-26-15-27-29/h5-18H,1-4H3. The quantitative estimate of drug-likeness (QED) is 0.457. The lowest BCUT2D eigenvalue weighted by atomic mass is 9.95. The summed E-state index contributed by atoms with van der Waals surface area (Å²) in [5.41, 5.74) is 3.00. The van der Waals surface area contributed by atoms with Gasteiger partial charge in [-0.05, 0) is 60.0 Å². The summed E-state index contributed by atoms with van der Waals surface area (Å²) in [6.45, 7) is 4.01. The van der Waals surface area contributed by atoms with E-state index >= 15 is 0 Å². The van der Waals surface area contributed by atoms with Crippen LogP contribution in [0.3, 0.4) is 0 Å². The predicted octanol–water partition coefficient (Wildman–Crippen LogP) is 4.75. The highest BCUT2D eigenvalue weighted by Gasteiger charge is 2.24. The van der Waals surface area contributed by atoms with Crippen molar-refractivity contribution in [2.75, 3.05) is 14.2 Å². The van der Waals surface area contributed by atoms with Gasteiger partial charge in [-0.25, -0.2) is 9.67 Å². The topological polar surface area (TPSA) is 60.2 Å². The first-order valence-corrected chi connectivity index (χ1v) is 10.3. The van der Waals surface area contributed by atoms with Gasteiger partial charge in [-0.1, -0.05) is 36.4 Å². The lowest BCUT2D eigenvalue weighted by Gasteiger charge is -2.28. The largest absolute Gasteiger partial charge is 0.497 e. The summed E-state index contributed by atoms with van der Waals surface area (Å²) in [6, 6.07) is 20.1. The molecule has 0 bridgehead atoms. The van der Waals surface area contributed by atoms with Crippen molar-refractivity contribution in [3.8, 4) is 11.4 Å². The molecule has 6 heteroatoms. The molecule has 0 saturated carbocycles. The maximum absolute atomic E-state index is 13.2. The third-order valence-corrected chi connectivity index (χ3v) is 5.93. The number of likely N-dealkylation sites (N-methyl/N-ethyl adjacent to an activating group) is 1. The van der Waals surface area contributed by atoms with Crippen LogP contribution < -0.4 is 4.74 Å². The van der Waals surface area contributed by atoms with Crippen LogP contribution in [0.25, 0.3) is 16.5 Å². The number of benzene rings is 3. The molecule has 4 aromatic rings. The van der Waals surface area contributed by atoms with Crippen LogP contribution in [-0.2, 0) is 4.79 Å². The Morgan fingerprint density at radius 3 is 2.32 bits per heavy atom. The molecular weight excluding hydrogens is 388 g/mol. The Bertz CT molecular complexity index is 1190. The molecule has 0 aliphatic heterocycles. The Morgan fingerprint density at radius 2 is 1.65 bits per heavy atom. The van der Waals surface area contributed by atoms with Crippen molar-refractivity contribution < 1.29 is 9.53 Å². The average Bonchev–Trinajstić information content (AvgIpc) is 3.36. The van der Waals surface area contributed by atoms with Gasteiger partial charge in [0.2, 0.25) is 5.91 Å². The summed E-state index contributed by atoms with van der Waals surface area (Å²) >= 11 is 0. The molecule has 1 amide bonds. The highest BCUT2D eigenvalue weighted by Crippen LogP contribution is 2.28. The molecule has 2 unspecified atom stereocenters. The van der Waals surface area contributed by atoms with E-state index in [1.165, 1.54) is 6.33 Å². The summed E-state index contributed by atoms with van der Waals surface area (Å²) < 4.78 is 7.01. The van der Waals surface area contributed by atoms with Crippen LogP contribution in [0.5, 0.6) is 5.75 Å². The van der Waals surface area contributed by atoms with Gasteiger partial charge in [0.25, 0.3) is 0 Å². The first-order valence-electron chi connectivity index (χ1n) is 10.3. The van der Waals surface area contributed by atoms with E-state index < -0.39 is 0 Å². The first-order chi connectivity index (χ1) is 15.0. The van der Waals surface area contributed by atoms with E-state index in [0.29, 0.717) is 0 Å². The van der Waals surface area contributed by atoms with Crippen LogP contribution in [0.1, 0.15) is 36.9 Å². The minimum Gasteiger partial charge on any atom is -0.497 e. The number of methoxy groups -OCH3 is 1. The van der Waals surface area contributed by atoms with Gasteiger partial charge >= 0.3 is 0 Å². The Balaban J connectivity index is 1.50. The highest BCUT2D eigenvalue weighted by molar-refractivity contribution is 5.88. The number of nitrogens with zero attached hydrogens (tertiary/aromatic N) is 4. The van der Waals surface area contributed by atoms with Crippen LogP contribution >= 0.6 is 0 Å². The molecule has 0 aliphatic rings. The van der Waals surface area contributed by atoms with Crippen molar-refractivity contribution in [1.29, 1.82) is 0 Å². The maximum Gasteiger partial charge on any atom is 0.230 e. The van der Waals surface area contributed by atoms with Crippen molar-refractivity contribution >= 4 is 16.7 Å². The van der Waals surface area contributed by atoms with Gasteiger partial charge < -0.3 is 9.64 Å². The monoisotopic (exact) mass is 414 g/mol. The molecule has 31 heavy (non-hydrogen) atoms. The SMILES string of the molecule is COc1ccc2cc(C(C)C(=O)N(C)C(C)c3ccc(-n4cncn4)cc3)ccc2c1. The Labute approximate surface area is 182 Å². The fraction of sp³-hybridized carbons (Fsp3) is 0.240. The predicted molar refractivity (Wildman–Crippen MR) is 121 cm³/mol. The van der Waals surface area contributed by atoms with E-state index in [0.717, 1.165) is 33.3 Å².